The number of halogens is 1. The number of hydrogen-bond acceptors (Lipinski definition) is 8. The van der Waals surface area contributed by atoms with Gasteiger partial charge >= 0.3 is 5.97 Å². The number of aryl methyl sites for hydroxylation is 2. The van der Waals surface area contributed by atoms with Gasteiger partial charge < -0.3 is 10.1 Å². The molecule has 8 nitrogen and oxygen atoms in total. The molecule has 4 rings (SSSR count). The summed E-state index contributed by atoms with van der Waals surface area (Å²) in [6, 6.07) is 15.3. The van der Waals surface area contributed by atoms with E-state index in [4.69, 9.17) is 16.3 Å². The molecule has 0 fully saturated rings. The average molecular weight is 523 g/mol. The van der Waals surface area contributed by atoms with Crippen LogP contribution in [0.25, 0.3) is 0 Å². The Bertz CT molecular complexity index is 1340. The van der Waals surface area contributed by atoms with Crippen molar-refractivity contribution in [1.29, 1.82) is 0 Å². The van der Waals surface area contributed by atoms with Gasteiger partial charge in [0.25, 0.3) is 11.8 Å². The number of carbonyl (C=O) groups is 3. The van der Waals surface area contributed by atoms with Crippen LogP contribution < -0.4 is 5.32 Å². The summed E-state index contributed by atoms with van der Waals surface area (Å²) in [6.45, 7) is 5.77. The number of nitrogens with zero attached hydrogens (tertiary/aromatic N) is 3. The van der Waals surface area contributed by atoms with E-state index < -0.39 is 17.8 Å². The van der Waals surface area contributed by atoms with Crippen molar-refractivity contribution in [3.8, 4) is 0 Å². The van der Waals surface area contributed by atoms with Gasteiger partial charge in [0.1, 0.15) is 10.6 Å². The number of hydrogen-bond donors (Lipinski definition) is 1. The molecule has 36 heavy (non-hydrogen) atoms. The van der Waals surface area contributed by atoms with Crippen molar-refractivity contribution in [3.05, 3.63) is 92.7 Å². The number of esters is 1. The monoisotopic (exact) mass is 522 g/mol. The molecule has 0 radical (unpaired) electrons. The van der Waals surface area contributed by atoms with E-state index in [1.807, 2.05) is 19.9 Å². The Hall–Kier alpha value is -3.69. The SMILES string of the molecule is CCOC(=O)c1ccc(NC2=C(Sc3nc(C)cc(C)n3)C(=O)N(Cc3ccc(Cl)cc3)C2=O)cc1. The topological polar surface area (TPSA) is 101 Å². The zero-order chi connectivity index (χ0) is 25.8. The number of imide groups is 1. The van der Waals surface area contributed by atoms with E-state index in [0.717, 1.165) is 28.7 Å². The number of benzene rings is 2. The lowest BCUT2D eigenvalue weighted by Gasteiger charge is -2.15. The fourth-order valence-corrected chi connectivity index (χ4v) is 4.68. The van der Waals surface area contributed by atoms with Crippen molar-refractivity contribution in [2.45, 2.75) is 32.5 Å². The second-order valence-electron chi connectivity index (χ2n) is 7.99. The van der Waals surface area contributed by atoms with Crippen LogP contribution in [-0.4, -0.2) is 39.3 Å². The van der Waals surface area contributed by atoms with Crippen molar-refractivity contribution in [3.63, 3.8) is 0 Å². The van der Waals surface area contributed by atoms with Gasteiger partial charge in [-0.1, -0.05) is 23.7 Å². The van der Waals surface area contributed by atoms with Crippen LogP contribution in [0, 0.1) is 13.8 Å². The summed E-state index contributed by atoms with van der Waals surface area (Å²) in [6.07, 6.45) is 0. The molecule has 1 aromatic heterocycles. The molecule has 1 aliphatic rings. The summed E-state index contributed by atoms with van der Waals surface area (Å²) in [5, 5.41) is 3.99. The number of aromatic nitrogens is 2. The first-order chi connectivity index (χ1) is 17.2. The average Bonchev–Trinajstić information content (AvgIpc) is 3.04. The van der Waals surface area contributed by atoms with Gasteiger partial charge in [0.05, 0.1) is 18.7 Å². The molecule has 0 saturated carbocycles. The third-order valence-electron chi connectivity index (χ3n) is 5.20. The van der Waals surface area contributed by atoms with Gasteiger partial charge in [-0.15, -0.1) is 0 Å². The van der Waals surface area contributed by atoms with Crippen LogP contribution >= 0.6 is 23.4 Å². The second-order valence-corrected chi connectivity index (χ2v) is 9.40. The minimum atomic E-state index is -0.476. The van der Waals surface area contributed by atoms with Gasteiger partial charge in [-0.2, -0.15) is 0 Å². The molecule has 2 heterocycles. The van der Waals surface area contributed by atoms with Crippen LogP contribution in [0.4, 0.5) is 5.69 Å². The number of rotatable bonds is 8. The summed E-state index contributed by atoms with van der Waals surface area (Å²) in [7, 11) is 0. The van der Waals surface area contributed by atoms with E-state index >= 15 is 0 Å². The van der Waals surface area contributed by atoms with E-state index in [9.17, 15) is 14.4 Å². The van der Waals surface area contributed by atoms with E-state index in [-0.39, 0.29) is 23.8 Å². The summed E-state index contributed by atoms with van der Waals surface area (Å²) < 4.78 is 5.01. The minimum Gasteiger partial charge on any atom is -0.462 e. The predicted octanol–water partition coefficient (Wildman–Crippen LogP) is 4.91. The zero-order valence-electron chi connectivity index (χ0n) is 19.9. The Kier molecular flexibility index (Phi) is 7.71. The first-order valence-electron chi connectivity index (χ1n) is 11.1. The highest BCUT2D eigenvalue weighted by Gasteiger charge is 2.39. The quantitative estimate of drug-likeness (QED) is 0.253. The standard InChI is InChI=1S/C26H23ClN4O4S/c1-4-35-25(34)18-7-11-20(12-8-18)30-21-22(36-26-28-15(2)13-16(3)29-26)24(33)31(23(21)32)14-17-5-9-19(27)10-6-17/h5-13,30H,4,14H2,1-3H3. The molecular weight excluding hydrogens is 500 g/mol. The van der Waals surface area contributed by atoms with Crippen molar-refractivity contribution in [2.24, 2.45) is 0 Å². The van der Waals surface area contributed by atoms with Gasteiger partial charge in [0.2, 0.25) is 0 Å². The molecule has 184 valence electrons. The largest absolute Gasteiger partial charge is 0.462 e. The minimum absolute atomic E-state index is 0.0829. The fourth-order valence-electron chi connectivity index (χ4n) is 3.55. The lowest BCUT2D eigenvalue weighted by molar-refractivity contribution is -0.137. The van der Waals surface area contributed by atoms with Crippen molar-refractivity contribution < 1.29 is 19.1 Å². The summed E-state index contributed by atoms with van der Waals surface area (Å²) >= 11 is 7.01. The lowest BCUT2D eigenvalue weighted by atomic mass is 10.2. The molecule has 0 unspecified atom stereocenters. The van der Waals surface area contributed by atoms with E-state index in [0.29, 0.717) is 21.4 Å². The van der Waals surface area contributed by atoms with Crippen molar-refractivity contribution in [2.75, 3.05) is 11.9 Å². The number of ether oxygens (including phenoxy) is 1. The fraction of sp³-hybridized carbons (Fsp3) is 0.192. The molecular formula is C26H23ClN4O4S. The maximum Gasteiger partial charge on any atom is 0.338 e. The maximum absolute atomic E-state index is 13.4. The first kappa shape index (κ1) is 25.4. The van der Waals surface area contributed by atoms with Crippen molar-refractivity contribution >= 4 is 46.8 Å². The number of nitrogens with one attached hydrogen (secondary N) is 1. The Morgan fingerprint density at radius 2 is 1.64 bits per heavy atom. The van der Waals surface area contributed by atoms with Gasteiger partial charge in [0, 0.05) is 22.1 Å². The Morgan fingerprint density at radius 3 is 2.25 bits per heavy atom. The molecule has 2 amide bonds. The van der Waals surface area contributed by atoms with Crippen LogP contribution in [0.15, 0.2) is 70.4 Å². The highest BCUT2D eigenvalue weighted by Crippen LogP contribution is 2.35. The molecule has 0 spiro atoms. The number of thioether (sulfide) groups is 1. The van der Waals surface area contributed by atoms with E-state index in [1.165, 1.54) is 4.90 Å². The molecule has 0 atom stereocenters. The van der Waals surface area contributed by atoms with E-state index in [1.54, 1.807) is 55.5 Å². The smallest absolute Gasteiger partial charge is 0.338 e. The highest BCUT2D eigenvalue weighted by molar-refractivity contribution is 8.04. The number of carbonyl (C=O) groups excluding carboxylic acids is 3. The van der Waals surface area contributed by atoms with Crippen LogP contribution in [-0.2, 0) is 20.9 Å². The third-order valence-corrected chi connectivity index (χ3v) is 6.40. The normalized spacial score (nSPS) is 13.4. The molecule has 2 aromatic carbocycles. The Labute approximate surface area is 217 Å². The zero-order valence-corrected chi connectivity index (χ0v) is 21.4. The number of anilines is 1. The number of amides is 2. The van der Waals surface area contributed by atoms with Crippen LogP contribution in [0.5, 0.6) is 0 Å². The summed E-state index contributed by atoms with van der Waals surface area (Å²) in [5.74, 6) is -1.36. The molecule has 1 aliphatic heterocycles. The first-order valence-corrected chi connectivity index (χ1v) is 12.3. The van der Waals surface area contributed by atoms with Crippen LogP contribution in [0.3, 0.4) is 0 Å². The second kappa shape index (κ2) is 10.9. The molecule has 1 N–H and O–H groups in total. The van der Waals surface area contributed by atoms with E-state index in [2.05, 4.69) is 15.3 Å². The van der Waals surface area contributed by atoms with Crippen LogP contribution in [0.1, 0.15) is 34.2 Å². The summed E-state index contributed by atoms with van der Waals surface area (Å²) in [5.41, 5.74) is 3.30. The van der Waals surface area contributed by atoms with Crippen LogP contribution in [0.2, 0.25) is 5.02 Å². The molecule has 3 aromatic rings. The highest BCUT2D eigenvalue weighted by atomic mass is 35.5. The van der Waals surface area contributed by atoms with Gasteiger partial charge in [0.15, 0.2) is 5.16 Å². The lowest BCUT2D eigenvalue weighted by Crippen LogP contribution is -2.31. The molecule has 0 aliphatic carbocycles. The molecule has 10 heteroatoms. The molecule has 0 saturated heterocycles. The summed E-state index contributed by atoms with van der Waals surface area (Å²) in [4.78, 5) is 49.0. The third kappa shape index (κ3) is 5.75. The Balaban J connectivity index is 1.65. The maximum atomic E-state index is 13.4. The Morgan fingerprint density at radius 1 is 1.00 bits per heavy atom. The van der Waals surface area contributed by atoms with Gasteiger partial charge in [-0.05, 0) is 80.6 Å². The van der Waals surface area contributed by atoms with Gasteiger partial charge in [-0.25, -0.2) is 14.8 Å². The molecule has 0 bridgehead atoms. The van der Waals surface area contributed by atoms with Gasteiger partial charge in [-0.3, -0.25) is 14.5 Å². The van der Waals surface area contributed by atoms with Crippen molar-refractivity contribution in [1.82, 2.24) is 14.9 Å². The predicted molar refractivity (Wildman–Crippen MR) is 137 cm³/mol.